The molecule has 86 valence electrons. The highest BCUT2D eigenvalue weighted by Gasteiger charge is 2.10. The summed E-state index contributed by atoms with van der Waals surface area (Å²) in [5, 5.41) is 6.96. The Morgan fingerprint density at radius 3 is 2.93 bits per heavy atom. The molecule has 4 heteroatoms. The van der Waals surface area contributed by atoms with E-state index in [0.29, 0.717) is 6.04 Å². The Morgan fingerprint density at radius 1 is 1.60 bits per heavy atom. The van der Waals surface area contributed by atoms with Gasteiger partial charge in [0.15, 0.2) is 0 Å². The van der Waals surface area contributed by atoms with Crippen LogP contribution in [-0.2, 0) is 6.42 Å². The molecule has 1 heterocycles. The fourth-order valence-electron chi connectivity index (χ4n) is 1.45. The predicted octanol–water partition coefficient (Wildman–Crippen LogP) is 2.73. The lowest BCUT2D eigenvalue weighted by Gasteiger charge is -2.15. The zero-order chi connectivity index (χ0) is 11.1. The fraction of sp³-hybridized carbons (Fsp3) is 0.727. The van der Waals surface area contributed by atoms with Crippen molar-refractivity contribution in [1.29, 1.82) is 0 Å². The molecule has 1 atom stereocenters. The van der Waals surface area contributed by atoms with Crippen molar-refractivity contribution in [2.75, 3.05) is 18.6 Å². The van der Waals surface area contributed by atoms with Crippen LogP contribution in [0.15, 0.2) is 5.38 Å². The van der Waals surface area contributed by atoms with Gasteiger partial charge in [-0.05, 0) is 26.1 Å². The maximum Gasteiger partial charge on any atom is 0.0943 e. The van der Waals surface area contributed by atoms with E-state index in [0.717, 1.165) is 18.7 Å². The molecule has 0 amide bonds. The molecular weight excluding hydrogens is 224 g/mol. The van der Waals surface area contributed by atoms with Gasteiger partial charge < -0.3 is 5.32 Å². The fourth-order valence-corrected chi connectivity index (χ4v) is 2.94. The maximum atomic E-state index is 4.51. The van der Waals surface area contributed by atoms with Crippen molar-refractivity contribution in [3.05, 3.63) is 16.1 Å². The lowest BCUT2D eigenvalue weighted by Crippen LogP contribution is -2.33. The van der Waals surface area contributed by atoms with Crippen LogP contribution in [0, 0.1) is 6.92 Å². The monoisotopic (exact) mass is 244 g/mol. The lowest BCUT2D eigenvalue weighted by molar-refractivity contribution is 0.549. The summed E-state index contributed by atoms with van der Waals surface area (Å²) >= 11 is 3.68. The van der Waals surface area contributed by atoms with E-state index in [1.807, 2.05) is 11.8 Å². The molecule has 0 aliphatic carbocycles. The molecule has 0 aliphatic heterocycles. The molecule has 0 spiro atoms. The highest BCUT2D eigenvalue weighted by atomic mass is 32.2. The largest absolute Gasteiger partial charge is 0.313 e. The van der Waals surface area contributed by atoms with Gasteiger partial charge in [0.05, 0.1) is 5.01 Å². The van der Waals surface area contributed by atoms with Gasteiger partial charge in [-0.15, -0.1) is 11.3 Å². The zero-order valence-electron chi connectivity index (χ0n) is 9.75. The van der Waals surface area contributed by atoms with Crippen LogP contribution < -0.4 is 5.32 Å². The van der Waals surface area contributed by atoms with Crippen molar-refractivity contribution >= 4 is 23.1 Å². The number of nitrogens with zero attached hydrogens (tertiary/aromatic N) is 1. The third-order valence-corrected chi connectivity index (χ3v) is 3.86. The Labute approximate surface area is 101 Å². The normalized spacial score (nSPS) is 13.0. The minimum absolute atomic E-state index is 0.575. The minimum atomic E-state index is 0.575. The topological polar surface area (TPSA) is 24.9 Å². The van der Waals surface area contributed by atoms with Crippen LogP contribution in [0.25, 0.3) is 0 Å². The van der Waals surface area contributed by atoms with Gasteiger partial charge in [0.2, 0.25) is 0 Å². The van der Waals surface area contributed by atoms with Crippen molar-refractivity contribution < 1.29 is 0 Å². The summed E-state index contributed by atoms with van der Waals surface area (Å²) < 4.78 is 0. The Hall–Kier alpha value is -0.0600. The second-order valence-corrected chi connectivity index (χ2v) is 5.55. The average molecular weight is 244 g/mol. The van der Waals surface area contributed by atoms with Crippen molar-refractivity contribution in [1.82, 2.24) is 10.3 Å². The molecular formula is C11H20N2S2. The lowest BCUT2D eigenvalue weighted by atomic mass is 10.2. The predicted molar refractivity (Wildman–Crippen MR) is 71.0 cm³/mol. The van der Waals surface area contributed by atoms with Crippen LogP contribution in [-0.4, -0.2) is 29.6 Å². The number of hydrogen-bond acceptors (Lipinski definition) is 4. The summed E-state index contributed by atoms with van der Waals surface area (Å²) in [7, 11) is 0. The van der Waals surface area contributed by atoms with Gasteiger partial charge in [0, 0.05) is 29.3 Å². The number of rotatable bonds is 7. The van der Waals surface area contributed by atoms with Crippen LogP contribution in [0.4, 0.5) is 0 Å². The number of hydrogen-bond donors (Lipinski definition) is 1. The first-order valence-electron chi connectivity index (χ1n) is 5.39. The van der Waals surface area contributed by atoms with Gasteiger partial charge in [-0.2, -0.15) is 11.8 Å². The summed E-state index contributed by atoms with van der Waals surface area (Å²) in [6.07, 6.45) is 4.43. The van der Waals surface area contributed by atoms with Crippen molar-refractivity contribution in [2.24, 2.45) is 0 Å². The van der Waals surface area contributed by atoms with E-state index in [9.17, 15) is 0 Å². The molecule has 0 saturated carbocycles. The molecule has 0 radical (unpaired) electrons. The number of thiazole rings is 1. The molecule has 0 bridgehead atoms. The van der Waals surface area contributed by atoms with Gasteiger partial charge in [0.1, 0.15) is 0 Å². The van der Waals surface area contributed by atoms with E-state index in [1.165, 1.54) is 17.2 Å². The summed E-state index contributed by atoms with van der Waals surface area (Å²) in [5.41, 5.74) is 1.15. The van der Waals surface area contributed by atoms with Crippen LogP contribution in [0.2, 0.25) is 0 Å². The zero-order valence-corrected chi connectivity index (χ0v) is 11.4. The van der Waals surface area contributed by atoms with Crippen molar-refractivity contribution in [2.45, 2.75) is 32.7 Å². The average Bonchev–Trinajstić information content (AvgIpc) is 2.61. The molecule has 0 aliphatic rings. The first-order valence-corrected chi connectivity index (χ1v) is 7.67. The molecule has 1 aromatic heterocycles. The van der Waals surface area contributed by atoms with E-state index in [2.05, 4.69) is 35.8 Å². The van der Waals surface area contributed by atoms with E-state index in [4.69, 9.17) is 0 Å². The second kappa shape index (κ2) is 7.25. The van der Waals surface area contributed by atoms with Crippen molar-refractivity contribution in [3.63, 3.8) is 0 Å². The molecule has 2 nitrogen and oxygen atoms in total. The quantitative estimate of drug-likeness (QED) is 0.798. The third kappa shape index (κ3) is 5.00. The summed E-state index contributed by atoms with van der Waals surface area (Å²) in [6, 6.07) is 0.575. The molecule has 1 aromatic rings. The van der Waals surface area contributed by atoms with Crippen LogP contribution in [0.1, 0.15) is 24.0 Å². The maximum absolute atomic E-state index is 4.51. The Bertz CT molecular complexity index is 273. The molecule has 15 heavy (non-hydrogen) atoms. The van der Waals surface area contributed by atoms with Crippen LogP contribution in [0.3, 0.4) is 0 Å². The van der Waals surface area contributed by atoms with Crippen molar-refractivity contribution in [3.8, 4) is 0 Å². The van der Waals surface area contributed by atoms with E-state index >= 15 is 0 Å². The molecule has 1 unspecified atom stereocenters. The smallest absolute Gasteiger partial charge is 0.0943 e. The van der Waals surface area contributed by atoms with Crippen LogP contribution in [0.5, 0.6) is 0 Å². The number of nitrogens with one attached hydrogen (secondary N) is 1. The first-order chi connectivity index (χ1) is 7.26. The Morgan fingerprint density at radius 2 is 2.40 bits per heavy atom. The Balaban J connectivity index is 2.42. The summed E-state index contributed by atoms with van der Waals surface area (Å²) in [6.45, 7) is 5.37. The molecule has 1 N–H and O–H groups in total. The molecule has 0 aromatic carbocycles. The first kappa shape index (κ1) is 13.0. The summed E-state index contributed by atoms with van der Waals surface area (Å²) in [4.78, 5) is 4.51. The molecule has 0 saturated heterocycles. The second-order valence-electron chi connectivity index (χ2n) is 3.69. The molecule has 1 rings (SSSR count). The number of thioether (sulfide) groups is 1. The van der Waals surface area contributed by atoms with Gasteiger partial charge in [-0.3, -0.25) is 0 Å². The molecule has 0 fully saturated rings. The standard InChI is InChI=1S/C11H20N2S2/c1-4-5-12-10(8-14-3)6-11-13-9(2)7-15-11/h7,10,12H,4-6,8H2,1-3H3. The van der Waals surface area contributed by atoms with Crippen LogP contribution >= 0.6 is 23.1 Å². The van der Waals surface area contributed by atoms with Gasteiger partial charge in [-0.25, -0.2) is 4.98 Å². The number of aromatic nitrogens is 1. The highest BCUT2D eigenvalue weighted by Crippen LogP contribution is 2.12. The number of aryl methyl sites for hydroxylation is 1. The highest BCUT2D eigenvalue weighted by molar-refractivity contribution is 7.98. The van der Waals surface area contributed by atoms with E-state index < -0.39 is 0 Å². The van der Waals surface area contributed by atoms with Gasteiger partial charge in [0.25, 0.3) is 0 Å². The third-order valence-electron chi connectivity index (χ3n) is 2.14. The van der Waals surface area contributed by atoms with Gasteiger partial charge in [-0.1, -0.05) is 6.92 Å². The Kier molecular flexibility index (Phi) is 6.29. The minimum Gasteiger partial charge on any atom is -0.313 e. The van der Waals surface area contributed by atoms with E-state index in [1.54, 1.807) is 11.3 Å². The van der Waals surface area contributed by atoms with E-state index in [-0.39, 0.29) is 0 Å². The van der Waals surface area contributed by atoms with Gasteiger partial charge >= 0.3 is 0 Å². The summed E-state index contributed by atoms with van der Waals surface area (Å²) in [5.74, 6) is 1.17. The SMILES string of the molecule is CCCNC(CSC)Cc1nc(C)cs1.